The van der Waals surface area contributed by atoms with Crippen molar-refractivity contribution < 1.29 is 4.74 Å². The summed E-state index contributed by atoms with van der Waals surface area (Å²) in [5.41, 5.74) is 0.275. The van der Waals surface area contributed by atoms with Gasteiger partial charge in [-0.05, 0) is 52.7 Å². The topological polar surface area (TPSA) is 24.5 Å². The Labute approximate surface area is 107 Å². The first-order valence-electron chi connectivity index (χ1n) is 7.04. The van der Waals surface area contributed by atoms with Crippen molar-refractivity contribution in [2.24, 2.45) is 5.92 Å². The van der Waals surface area contributed by atoms with Crippen molar-refractivity contribution in [2.45, 2.75) is 51.1 Å². The molecule has 17 heavy (non-hydrogen) atoms. The van der Waals surface area contributed by atoms with Crippen molar-refractivity contribution in [3.05, 3.63) is 0 Å². The van der Waals surface area contributed by atoms with Gasteiger partial charge in [-0.3, -0.25) is 0 Å². The maximum absolute atomic E-state index is 5.49. The van der Waals surface area contributed by atoms with Gasteiger partial charge in [-0.2, -0.15) is 0 Å². The minimum absolute atomic E-state index is 0.275. The lowest BCUT2D eigenvalue weighted by atomic mass is 9.74. The fourth-order valence-corrected chi connectivity index (χ4v) is 3.59. The Morgan fingerprint density at radius 2 is 1.76 bits per heavy atom. The predicted octanol–water partition coefficient (Wildman–Crippen LogP) is 2.12. The van der Waals surface area contributed by atoms with Gasteiger partial charge in [0.15, 0.2) is 0 Å². The Bertz CT molecular complexity index is 208. The minimum Gasteiger partial charge on any atom is -0.381 e. The first kappa shape index (κ1) is 14.9. The van der Waals surface area contributed by atoms with Crippen molar-refractivity contribution >= 4 is 0 Å². The van der Waals surface area contributed by atoms with Crippen LogP contribution in [0.15, 0.2) is 0 Å². The number of likely N-dealkylation sites (N-methyl/N-ethyl adjacent to an activating group) is 2. The second-order valence-corrected chi connectivity index (χ2v) is 5.42. The summed E-state index contributed by atoms with van der Waals surface area (Å²) in [7, 11) is 6.55. The Morgan fingerprint density at radius 3 is 2.12 bits per heavy atom. The van der Waals surface area contributed by atoms with Crippen LogP contribution in [0.1, 0.15) is 39.5 Å². The van der Waals surface area contributed by atoms with E-state index in [4.69, 9.17) is 4.74 Å². The number of rotatable bonds is 6. The number of nitrogens with one attached hydrogen (secondary N) is 1. The van der Waals surface area contributed by atoms with E-state index in [9.17, 15) is 0 Å². The highest BCUT2D eigenvalue weighted by Gasteiger charge is 2.41. The van der Waals surface area contributed by atoms with Crippen LogP contribution in [0.2, 0.25) is 0 Å². The zero-order valence-electron chi connectivity index (χ0n) is 12.3. The Balaban J connectivity index is 2.87. The van der Waals surface area contributed by atoms with Crippen LogP contribution in [0.25, 0.3) is 0 Å². The molecule has 0 aromatic carbocycles. The van der Waals surface area contributed by atoms with E-state index in [0.717, 1.165) is 19.1 Å². The van der Waals surface area contributed by atoms with Gasteiger partial charge in [0.05, 0.1) is 0 Å². The zero-order chi connectivity index (χ0) is 12.9. The number of ether oxygens (including phenoxy) is 1. The molecule has 1 heterocycles. The van der Waals surface area contributed by atoms with Crippen LogP contribution in [0.3, 0.4) is 0 Å². The minimum atomic E-state index is 0.275. The van der Waals surface area contributed by atoms with Gasteiger partial charge < -0.3 is 15.0 Å². The molecule has 0 saturated carbocycles. The van der Waals surface area contributed by atoms with Crippen LogP contribution in [-0.4, -0.2) is 50.8 Å². The molecule has 0 aliphatic carbocycles. The van der Waals surface area contributed by atoms with Gasteiger partial charge in [-0.25, -0.2) is 0 Å². The molecule has 1 rings (SSSR count). The molecule has 3 nitrogen and oxygen atoms in total. The lowest BCUT2D eigenvalue weighted by Gasteiger charge is -2.49. The highest BCUT2D eigenvalue weighted by Crippen LogP contribution is 2.33. The predicted molar refractivity (Wildman–Crippen MR) is 73.4 cm³/mol. The molecule has 102 valence electrons. The van der Waals surface area contributed by atoms with E-state index in [0.29, 0.717) is 6.04 Å². The largest absolute Gasteiger partial charge is 0.381 e. The summed E-state index contributed by atoms with van der Waals surface area (Å²) in [6, 6.07) is 0.566. The van der Waals surface area contributed by atoms with Gasteiger partial charge in [-0.15, -0.1) is 0 Å². The Morgan fingerprint density at radius 1 is 1.24 bits per heavy atom. The van der Waals surface area contributed by atoms with E-state index in [1.807, 2.05) is 0 Å². The first-order chi connectivity index (χ1) is 8.12. The lowest BCUT2D eigenvalue weighted by molar-refractivity contribution is 0.00634. The van der Waals surface area contributed by atoms with Crippen molar-refractivity contribution in [2.75, 3.05) is 34.4 Å². The number of hydrogen-bond donors (Lipinski definition) is 1. The summed E-state index contributed by atoms with van der Waals surface area (Å²) in [5.74, 6) is 0.746. The molecule has 1 atom stereocenters. The van der Waals surface area contributed by atoms with Crippen molar-refractivity contribution in [1.82, 2.24) is 10.2 Å². The molecule has 0 bridgehead atoms. The quantitative estimate of drug-likeness (QED) is 0.772. The monoisotopic (exact) mass is 242 g/mol. The molecule has 0 amide bonds. The van der Waals surface area contributed by atoms with Gasteiger partial charge in [0, 0.05) is 24.8 Å². The van der Waals surface area contributed by atoms with Crippen molar-refractivity contribution in [3.63, 3.8) is 0 Å². The molecule has 0 radical (unpaired) electrons. The number of hydrogen-bond acceptors (Lipinski definition) is 3. The van der Waals surface area contributed by atoms with Crippen LogP contribution in [0, 0.1) is 5.92 Å². The second-order valence-electron chi connectivity index (χ2n) is 5.42. The van der Waals surface area contributed by atoms with E-state index in [2.05, 4.69) is 45.2 Å². The van der Waals surface area contributed by atoms with Gasteiger partial charge in [0.2, 0.25) is 0 Å². The summed E-state index contributed by atoms with van der Waals surface area (Å²) < 4.78 is 5.49. The third-order valence-corrected chi connectivity index (χ3v) is 4.74. The lowest BCUT2D eigenvalue weighted by Crippen LogP contribution is -2.61. The molecule has 0 aromatic rings. The average molecular weight is 242 g/mol. The fourth-order valence-electron chi connectivity index (χ4n) is 3.59. The van der Waals surface area contributed by atoms with E-state index in [1.54, 1.807) is 0 Å². The summed E-state index contributed by atoms with van der Waals surface area (Å²) in [4.78, 5) is 2.42. The Kier molecular flexibility index (Phi) is 5.90. The smallest absolute Gasteiger partial charge is 0.0469 e. The summed E-state index contributed by atoms with van der Waals surface area (Å²) in [6.07, 6.45) is 4.78. The molecular formula is C14H30N2O. The third kappa shape index (κ3) is 3.01. The molecule has 0 spiro atoms. The maximum atomic E-state index is 5.49. The molecule has 1 N–H and O–H groups in total. The molecule has 1 fully saturated rings. The van der Waals surface area contributed by atoms with Crippen LogP contribution < -0.4 is 5.32 Å². The van der Waals surface area contributed by atoms with Gasteiger partial charge in [-0.1, -0.05) is 13.8 Å². The molecule has 0 aromatic heterocycles. The summed E-state index contributed by atoms with van der Waals surface area (Å²) in [6.45, 7) is 6.49. The summed E-state index contributed by atoms with van der Waals surface area (Å²) in [5, 5.41) is 3.60. The molecule has 1 aliphatic rings. The summed E-state index contributed by atoms with van der Waals surface area (Å²) >= 11 is 0. The maximum Gasteiger partial charge on any atom is 0.0469 e. The van der Waals surface area contributed by atoms with E-state index in [-0.39, 0.29) is 5.54 Å². The first-order valence-corrected chi connectivity index (χ1v) is 7.04. The zero-order valence-corrected chi connectivity index (χ0v) is 12.3. The fraction of sp³-hybridized carbons (Fsp3) is 1.00. The third-order valence-electron chi connectivity index (χ3n) is 4.74. The molecule has 1 unspecified atom stereocenters. The van der Waals surface area contributed by atoms with Crippen LogP contribution in [0.4, 0.5) is 0 Å². The van der Waals surface area contributed by atoms with Crippen molar-refractivity contribution in [3.8, 4) is 0 Å². The standard InChI is InChI=1S/C14H30N2O/c1-6-14(7-2,16(4)5)13(15-3)12-8-10-17-11-9-12/h12-13,15H,6-11H2,1-5H3. The SMILES string of the molecule is CCC(CC)(C(NC)C1CCOCC1)N(C)C. The van der Waals surface area contributed by atoms with Gasteiger partial charge in [0.25, 0.3) is 0 Å². The van der Waals surface area contributed by atoms with Crippen LogP contribution >= 0.6 is 0 Å². The van der Waals surface area contributed by atoms with Crippen LogP contribution in [-0.2, 0) is 4.74 Å². The highest BCUT2D eigenvalue weighted by atomic mass is 16.5. The van der Waals surface area contributed by atoms with Gasteiger partial charge >= 0.3 is 0 Å². The van der Waals surface area contributed by atoms with E-state index >= 15 is 0 Å². The number of nitrogens with zero attached hydrogens (tertiary/aromatic N) is 1. The van der Waals surface area contributed by atoms with Crippen LogP contribution in [0.5, 0.6) is 0 Å². The molecule has 3 heteroatoms. The van der Waals surface area contributed by atoms with E-state index < -0.39 is 0 Å². The average Bonchev–Trinajstić information content (AvgIpc) is 2.36. The highest BCUT2D eigenvalue weighted by molar-refractivity contribution is 5.00. The normalized spacial score (nSPS) is 20.8. The molecule has 1 saturated heterocycles. The van der Waals surface area contributed by atoms with Gasteiger partial charge in [0.1, 0.15) is 0 Å². The molecular weight excluding hydrogens is 212 g/mol. The second kappa shape index (κ2) is 6.72. The molecule has 1 aliphatic heterocycles. The van der Waals surface area contributed by atoms with E-state index in [1.165, 1.54) is 25.7 Å². The Hall–Kier alpha value is -0.120. The van der Waals surface area contributed by atoms with Crippen molar-refractivity contribution in [1.29, 1.82) is 0 Å².